The Morgan fingerprint density at radius 1 is 1.27 bits per heavy atom. The zero-order valence-electron chi connectivity index (χ0n) is 19.5. The van der Waals surface area contributed by atoms with Crippen molar-refractivity contribution in [3.8, 4) is 23.3 Å². The first-order valence-corrected chi connectivity index (χ1v) is 12.0. The Labute approximate surface area is 195 Å². The van der Waals surface area contributed by atoms with Crippen LogP contribution in [0.15, 0.2) is 36.4 Å². The number of hydrogen-bond acceptors (Lipinski definition) is 4. The minimum Gasteiger partial charge on any atom is -0.504 e. The van der Waals surface area contributed by atoms with Crippen molar-refractivity contribution >= 4 is 5.91 Å². The van der Waals surface area contributed by atoms with Gasteiger partial charge in [0.25, 0.3) is 5.91 Å². The summed E-state index contributed by atoms with van der Waals surface area (Å²) in [6, 6.07) is 12.2. The van der Waals surface area contributed by atoms with Crippen molar-refractivity contribution in [1.29, 1.82) is 0 Å². The second-order valence-electron chi connectivity index (χ2n) is 10.3. The third-order valence-electron chi connectivity index (χ3n) is 8.71. The molecule has 2 fully saturated rings. The lowest BCUT2D eigenvalue weighted by molar-refractivity contribution is -0.133. The van der Waals surface area contributed by atoms with Crippen LogP contribution in [0.4, 0.5) is 0 Å². The predicted octanol–water partition coefficient (Wildman–Crippen LogP) is 3.25. The maximum absolute atomic E-state index is 13.2. The van der Waals surface area contributed by atoms with Gasteiger partial charge in [0.05, 0.1) is 6.04 Å². The Hall–Kier alpha value is -2.97. The summed E-state index contributed by atoms with van der Waals surface area (Å²) in [5.74, 6) is 7.08. The summed E-state index contributed by atoms with van der Waals surface area (Å²) in [5.41, 5.74) is 4.36. The van der Waals surface area contributed by atoms with E-state index in [4.69, 9.17) is 4.74 Å². The zero-order valence-corrected chi connectivity index (χ0v) is 19.5. The van der Waals surface area contributed by atoms with E-state index in [0.29, 0.717) is 17.7 Å². The molecule has 1 amide bonds. The summed E-state index contributed by atoms with van der Waals surface area (Å²) >= 11 is 0. The normalized spacial score (nSPS) is 31.1. The standard InChI is InChI=1S/C28H30N2O3/c1-17-5-4-6-18(15-17)7-12-24(32)30(3)21-10-9-20-22-16-19-8-11-23(31)26-25(19)28(20,27(21)33-26)13-14-29(22)2/h4-6,8,11,15,20-22,27,31H,9-10,13-14,16H2,1-3H3/t20-,21-,22+,27-,28-/m0/s1. The van der Waals surface area contributed by atoms with E-state index in [0.717, 1.165) is 43.4 Å². The molecular weight excluding hydrogens is 412 g/mol. The molecule has 2 aliphatic heterocycles. The lowest BCUT2D eigenvalue weighted by atomic mass is 9.51. The van der Waals surface area contributed by atoms with Crippen LogP contribution < -0.4 is 4.74 Å². The van der Waals surface area contributed by atoms with E-state index in [1.807, 2.05) is 38.2 Å². The molecular formula is C28H30N2O3. The van der Waals surface area contributed by atoms with Crippen molar-refractivity contribution in [2.24, 2.45) is 5.92 Å². The highest BCUT2D eigenvalue weighted by Gasteiger charge is 2.66. The van der Waals surface area contributed by atoms with Gasteiger partial charge in [0.15, 0.2) is 11.5 Å². The Morgan fingerprint density at radius 3 is 2.94 bits per heavy atom. The Bertz CT molecular complexity index is 1210. The number of aryl methyl sites for hydroxylation is 1. The fourth-order valence-corrected chi connectivity index (χ4v) is 7.19. The number of rotatable bonds is 1. The SMILES string of the molecule is Cc1cccc(C#CC(=O)N(C)[C@H]2CC[C@H]3[C@H]4Cc5ccc(O)c6c5[C@@]3(CCN4C)[C@H]2O6)c1. The number of benzene rings is 2. The fourth-order valence-electron chi connectivity index (χ4n) is 7.19. The smallest absolute Gasteiger partial charge is 0.298 e. The van der Waals surface area contributed by atoms with Gasteiger partial charge < -0.3 is 19.6 Å². The summed E-state index contributed by atoms with van der Waals surface area (Å²) in [6.45, 7) is 3.03. The van der Waals surface area contributed by atoms with E-state index < -0.39 is 0 Å². The van der Waals surface area contributed by atoms with E-state index in [1.165, 1.54) is 11.1 Å². The molecule has 1 saturated heterocycles. The third-order valence-corrected chi connectivity index (χ3v) is 8.71. The van der Waals surface area contributed by atoms with Gasteiger partial charge in [-0.1, -0.05) is 24.1 Å². The van der Waals surface area contributed by atoms with Gasteiger partial charge in [-0.25, -0.2) is 0 Å². The number of ether oxygens (including phenoxy) is 1. The molecule has 5 heteroatoms. The highest BCUT2D eigenvalue weighted by molar-refractivity contribution is 5.94. The molecule has 0 unspecified atom stereocenters. The van der Waals surface area contributed by atoms with Gasteiger partial charge in [0, 0.05) is 35.6 Å². The first-order valence-electron chi connectivity index (χ1n) is 12.0. The molecule has 6 rings (SSSR count). The summed E-state index contributed by atoms with van der Waals surface area (Å²) in [6.07, 6.45) is 3.79. The Morgan fingerprint density at radius 2 is 2.12 bits per heavy atom. The number of phenolic OH excluding ortho intramolecular Hbond substituents is 1. The predicted molar refractivity (Wildman–Crippen MR) is 126 cm³/mol. The van der Waals surface area contributed by atoms with Crippen LogP contribution in [0.5, 0.6) is 11.5 Å². The minimum absolute atomic E-state index is 0.0673. The van der Waals surface area contributed by atoms with Crippen LogP contribution >= 0.6 is 0 Å². The van der Waals surface area contributed by atoms with Crippen molar-refractivity contribution in [2.75, 3.05) is 20.6 Å². The zero-order chi connectivity index (χ0) is 22.9. The lowest BCUT2D eigenvalue weighted by Crippen LogP contribution is -2.68. The number of carbonyl (C=O) groups is 1. The summed E-state index contributed by atoms with van der Waals surface area (Å²) < 4.78 is 6.60. The van der Waals surface area contributed by atoms with Crippen molar-refractivity contribution in [1.82, 2.24) is 9.80 Å². The molecule has 5 atom stereocenters. The van der Waals surface area contributed by atoms with E-state index in [9.17, 15) is 9.90 Å². The summed E-state index contributed by atoms with van der Waals surface area (Å²) in [4.78, 5) is 17.5. The van der Waals surface area contributed by atoms with Crippen molar-refractivity contribution in [2.45, 2.75) is 56.2 Å². The highest BCUT2D eigenvalue weighted by Crippen LogP contribution is 2.64. The van der Waals surface area contributed by atoms with E-state index in [-0.39, 0.29) is 29.2 Å². The second kappa shape index (κ2) is 7.27. The van der Waals surface area contributed by atoms with Crippen LogP contribution in [0.1, 0.15) is 41.5 Å². The average Bonchev–Trinajstić information content (AvgIpc) is 3.16. The molecule has 1 N–H and O–H groups in total. The Balaban J connectivity index is 1.36. The molecule has 2 aliphatic carbocycles. The van der Waals surface area contributed by atoms with Crippen LogP contribution in [-0.2, 0) is 16.6 Å². The van der Waals surface area contributed by atoms with Gasteiger partial charge in [0.1, 0.15) is 6.10 Å². The number of phenols is 1. The first-order chi connectivity index (χ1) is 15.9. The first kappa shape index (κ1) is 20.6. The topological polar surface area (TPSA) is 53.0 Å². The number of carbonyl (C=O) groups excluding carboxylic acids is 1. The molecule has 2 heterocycles. The number of aromatic hydroxyl groups is 1. The van der Waals surface area contributed by atoms with Crippen LogP contribution in [0.25, 0.3) is 0 Å². The Kier molecular flexibility index (Phi) is 4.54. The largest absolute Gasteiger partial charge is 0.504 e. The lowest BCUT2D eigenvalue weighted by Gasteiger charge is -2.59. The molecule has 5 nitrogen and oxygen atoms in total. The van der Waals surface area contributed by atoms with Gasteiger partial charge in [-0.2, -0.15) is 0 Å². The maximum atomic E-state index is 13.2. The number of likely N-dealkylation sites (tertiary alicyclic amines) is 1. The van der Waals surface area contributed by atoms with E-state index >= 15 is 0 Å². The molecule has 170 valence electrons. The minimum atomic E-state index is -0.180. The monoisotopic (exact) mass is 442 g/mol. The van der Waals surface area contributed by atoms with Crippen molar-refractivity contribution < 1.29 is 14.6 Å². The second-order valence-corrected chi connectivity index (χ2v) is 10.3. The molecule has 0 aromatic heterocycles. The molecule has 2 aromatic carbocycles. The van der Waals surface area contributed by atoms with Gasteiger partial charge in [0.2, 0.25) is 0 Å². The molecule has 33 heavy (non-hydrogen) atoms. The van der Waals surface area contributed by atoms with Crippen LogP contribution in [0.2, 0.25) is 0 Å². The van der Waals surface area contributed by atoms with E-state index in [2.05, 4.69) is 29.9 Å². The number of nitrogens with zero attached hydrogens (tertiary/aromatic N) is 2. The van der Waals surface area contributed by atoms with Gasteiger partial charge in [-0.15, -0.1) is 0 Å². The quantitative estimate of drug-likeness (QED) is 0.689. The number of amides is 1. The van der Waals surface area contributed by atoms with Gasteiger partial charge in [-0.3, -0.25) is 4.79 Å². The van der Waals surface area contributed by atoms with Crippen LogP contribution in [0, 0.1) is 24.7 Å². The molecule has 1 spiro atoms. The third kappa shape index (κ3) is 2.87. The highest BCUT2D eigenvalue weighted by atomic mass is 16.5. The summed E-state index contributed by atoms with van der Waals surface area (Å²) in [5, 5.41) is 10.7. The average molecular weight is 443 g/mol. The molecule has 2 bridgehead atoms. The summed E-state index contributed by atoms with van der Waals surface area (Å²) in [7, 11) is 4.09. The molecule has 4 aliphatic rings. The van der Waals surface area contributed by atoms with Gasteiger partial charge in [-0.05, 0) is 81.4 Å². The van der Waals surface area contributed by atoms with Crippen LogP contribution in [0.3, 0.4) is 0 Å². The van der Waals surface area contributed by atoms with Crippen molar-refractivity contribution in [3.63, 3.8) is 0 Å². The number of hydrogen-bond donors (Lipinski definition) is 1. The van der Waals surface area contributed by atoms with Crippen LogP contribution in [-0.4, -0.2) is 59.6 Å². The van der Waals surface area contributed by atoms with Gasteiger partial charge >= 0.3 is 0 Å². The molecule has 1 saturated carbocycles. The maximum Gasteiger partial charge on any atom is 0.298 e. The number of piperidine rings is 1. The van der Waals surface area contributed by atoms with Crippen molar-refractivity contribution in [3.05, 3.63) is 58.7 Å². The van der Waals surface area contributed by atoms with E-state index in [1.54, 1.807) is 11.0 Å². The molecule has 0 radical (unpaired) electrons. The number of likely N-dealkylation sites (N-methyl/N-ethyl adjacent to an activating group) is 2. The fraction of sp³-hybridized carbons (Fsp3) is 0.464. The molecule has 2 aromatic rings.